The summed E-state index contributed by atoms with van der Waals surface area (Å²) in [4.78, 5) is 58.6. The lowest BCUT2D eigenvalue weighted by Crippen LogP contribution is -2.45. The minimum absolute atomic E-state index is 0.0128. The Morgan fingerprint density at radius 1 is 0.655 bits per heavy atom. The summed E-state index contributed by atoms with van der Waals surface area (Å²) in [5.74, 6) is -13.4. The van der Waals surface area contributed by atoms with Crippen molar-refractivity contribution in [1.29, 1.82) is 0 Å². The van der Waals surface area contributed by atoms with E-state index in [1.54, 1.807) is 25.1 Å². The van der Waals surface area contributed by atoms with Gasteiger partial charge in [0.1, 0.15) is 11.9 Å². The number of nitrogens with two attached hydrogens (primary N) is 1. The summed E-state index contributed by atoms with van der Waals surface area (Å²) in [6.07, 6.45) is 2.14. The third-order valence-electron chi connectivity index (χ3n) is 11.4. The third-order valence-corrected chi connectivity index (χ3v) is 12.3. The summed E-state index contributed by atoms with van der Waals surface area (Å²) in [5.41, 5.74) is 10.1. The lowest BCUT2D eigenvalue weighted by molar-refractivity contribution is -0.180. The number of halogens is 4. The zero-order chi connectivity index (χ0) is 61.1. The number of aliphatic imine (C=N–C) groups is 1. The molecule has 0 aromatic heterocycles. The topological polar surface area (TPSA) is 299 Å². The van der Waals surface area contributed by atoms with E-state index in [1.165, 1.54) is 5.06 Å². The molecule has 24 nitrogen and oxygen atoms in total. The third kappa shape index (κ3) is 25.7. The van der Waals surface area contributed by atoms with Crippen LogP contribution in [0.4, 0.5) is 23.2 Å². The van der Waals surface area contributed by atoms with Crippen LogP contribution in [0.3, 0.4) is 0 Å². The van der Waals surface area contributed by atoms with Gasteiger partial charge in [-0.2, -0.15) is 17.2 Å². The molecule has 5 N–H and O–H groups in total. The second kappa shape index (κ2) is 39.5. The minimum Gasteiger partial charge on any atom is -0.420 e. The molecule has 0 saturated heterocycles. The molecule has 84 heavy (non-hydrogen) atoms. The Morgan fingerprint density at radius 2 is 1.11 bits per heavy atom. The van der Waals surface area contributed by atoms with Crippen LogP contribution in [0.2, 0.25) is 0 Å². The van der Waals surface area contributed by atoms with Gasteiger partial charge in [-0.1, -0.05) is 31.2 Å². The van der Waals surface area contributed by atoms with Crippen LogP contribution in [0.5, 0.6) is 5.75 Å². The minimum atomic E-state index is -5.65. The number of hydrogen-bond acceptors (Lipinski definition) is 20. The summed E-state index contributed by atoms with van der Waals surface area (Å²) < 4.78 is 145. The Balaban J connectivity index is 0.872. The number of carbonyl (C=O) groups is 4. The van der Waals surface area contributed by atoms with Gasteiger partial charge in [0.2, 0.25) is 23.3 Å². The monoisotopic (exact) mass is 1220 g/mol. The molecule has 3 aromatic rings. The van der Waals surface area contributed by atoms with Gasteiger partial charge in [-0.05, 0) is 55.7 Å². The number of carbonyl (C=O) groups excluding carboxylic acids is 4. The lowest BCUT2D eigenvalue weighted by Gasteiger charge is -2.21. The van der Waals surface area contributed by atoms with Crippen LogP contribution in [0, 0.1) is 23.3 Å². The first-order valence-electron chi connectivity index (χ1n) is 27.1. The molecule has 3 amide bonds. The molecule has 1 heterocycles. The predicted octanol–water partition coefficient (Wildman–Crippen LogP) is 4.52. The highest BCUT2D eigenvalue weighted by Gasteiger charge is 2.34. The molecule has 0 saturated carbocycles. The molecule has 0 aliphatic carbocycles. The number of nitrogens with one attached hydrogen (secondary N) is 2. The van der Waals surface area contributed by atoms with Crippen molar-refractivity contribution in [3.05, 3.63) is 82.4 Å². The zero-order valence-electron chi connectivity index (χ0n) is 47.3. The molecule has 468 valence electrons. The molecular weight excluding hydrogens is 1140 g/mol. The first-order valence-corrected chi connectivity index (χ1v) is 28.5. The number of nitrogens with zero attached hydrogens (tertiary/aromatic N) is 2. The van der Waals surface area contributed by atoms with Crippen molar-refractivity contribution in [2.24, 2.45) is 10.7 Å². The standard InChI is InChI=1S/C55H75F4N5O19S/c1-4-14-64(82-5-2)55(68)43-35-42-11-10-41(36-44(42)63-45(60)37-43)39-6-8-40(9-7-39)54(67)62-38(3)53(66)61-13-16-73-18-20-75-22-24-77-26-28-79-30-32-81-34-33-80-31-29-78-27-25-76-23-21-74-19-17-72-15-12-46(65)83-51-47(56)49(58)52(84(69,70)71)50(59)48(51)57/h6-11,35-36,38H,4-5,12-34,37H2,1-3H3,(H2,60,63)(H,61,66)(H,62,67)(H,69,70,71)/t38-/m1/s1. The van der Waals surface area contributed by atoms with Gasteiger partial charge in [0, 0.05) is 36.2 Å². The largest absolute Gasteiger partial charge is 0.420 e. The van der Waals surface area contributed by atoms with Crippen molar-refractivity contribution in [3.8, 4) is 16.9 Å². The van der Waals surface area contributed by atoms with E-state index in [1.807, 2.05) is 44.2 Å². The Kier molecular flexibility index (Phi) is 33.1. The predicted molar refractivity (Wildman–Crippen MR) is 294 cm³/mol. The van der Waals surface area contributed by atoms with E-state index in [2.05, 4.69) is 20.4 Å². The maximum Gasteiger partial charge on any atom is 0.313 e. The molecule has 0 radical (unpaired) electrons. The smallest absolute Gasteiger partial charge is 0.313 e. The molecule has 29 heteroatoms. The maximum absolute atomic E-state index is 14.0. The highest BCUT2D eigenvalue weighted by atomic mass is 32.2. The van der Waals surface area contributed by atoms with Crippen molar-refractivity contribution in [2.45, 2.75) is 51.0 Å². The first kappa shape index (κ1) is 70.4. The average molecular weight is 1220 g/mol. The van der Waals surface area contributed by atoms with Gasteiger partial charge < -0.3 is 68.5 Å². The molecule has 1 aliphatic rings. The molecule has 1 atom stereocenters. The van der Waals surface area contributed by atoms with E-state index in [4.69, 9.17) is 62.5 Å². The lowest BCUT2D eigenvalue weighted by atomic mass is 10.00. The summed E-state index contributed by atoms with van der Waals surface area (Å²) in [6, 6.07) is 11.8. The van der Waals surface area contributed by atoms with Crippen molar-refractivity contribution >= 4 is 51.4 Å². The van der Waals surface area contributed by atoms with Crippen LogP contribution in [-0.2, 0) is 76.7 Å². The second-order valence-electron chi connectivity index (χ2n) is 17.8. The van der Waals surface area contributed by atoms with Crippen LogP contribution >= 0.6 is 0 Å². The maximum atomic E-state index is 14.0. The fraction of sp³-hybridized carbons (Fsp3) is 0.545. The number of ether oxygens (including phenoxy) is 11. The molecule has 0 bridgehead atoms. The number of amides is 3. The molecule has 0 unspecified atom stereocenters. The molecule has 4 rings (SSSR count). The first-order chi connectivity index (χ1) is 40.5. The van der Waals surface area contributed by atoms with Crippen LogP contribution in [0.25, 0.3) is 17.2 Å². The van der Waals surface area contributed by atoms with Gasteiger partial charge in [0.15, 0.2) is 16.5 Å². The Bertz CT molecular complexity index is 2670. The summed E-state index contributed by atoms with van der Waals surface area (Å²) in [6.45, 7) is 12.1. The van der Waals surface area contributed by atoms with Crippen molar-refractivity contribution in [3.63, 3.8) is 0 Å². The second-order valence-corrected chi connectivity index (χ2v) is 19.2. The SMILES string of the molecule is CCCN(OCC)C(=O)C1=Cc2ccc(-c3ccc(C(=O)N[C@H](C)C(=O)NCCOCCOCCOCCOCCOCCOCCOCCOCCOCCOCCC(=O)Oc4c(F)c(F)c(S(=O)(=O)O)c(F)c4F)cc3)cc2N=C(N)C1. The van der Waals surface area contributed by atoms with E-state index < -0.39 is 68.4 Å². The number of esters is 1. The molecule has 3 aromatic carbocycles. The van der Waals surface area contributed by atoms with Gasteiger partial charge in [-0.15, -0.1) is 0 Å². The molecule has 0 spiro atoms. The fourth-order valence-electron chi connectivity index (χ4n) is 7.32. The number of rotatable bonds is 44. The zero-order valence-corrected chi connectivity index (χ0v) is 48.1. The van der Waals surface area contributed by atoms with E-state index >= 15 is 0 Å². The highest BCUT2D eigenvalue weighted by Crippen LogP contribution is 2.34. The summed E-state index contributed by atoms with van der Waals surface area (Å²) in [5, 5.41) is 6.84. The Labute approximate surface area is 485 Å². The van der Waals surface area contributed by atoms with Crippen molar-refractivity contribution < 1.29 is 107 Å². The Morgan fingerprint density at radius 3 is 1.56 bits per heavy atom. The van der Waals surface area contributed by atoms with Gasteiger partial charge in [0.05, 0.1) is 151 Å². The normalized spacial score (nSPS) is 12.7. The van der Waals surface area contributed by atoms with Gasteiger partial charge in [-0.25, -0.2) is 18.8 Å². The fourth-order valence-corrected chi connectivity index (χ4v) is 7.95. The number of hydrogen-bond donors (Lipinski definition) is 4. The molecule has 0 fully saturated rings. The van der Waals surface area contributed by atoms with Crippen LogP contribution in [0.1, 0.15) is 56.0 Å². The van der Waals surface area contributed by atoms with Gasteiger partial charge in [-0.3, -0.25) is 28.6 Å². The van der Waals surface area contributed by atoms with E-state index in [0.717, 1.165) is 23.1 Å². The average Bonchev–Trinajstić information content (AvgIpc) is 3.78. The quantitative estimate of drug-likeness (QED) is 0.0115. The van der Waals surface area contributed by atoms with Crippen molar-refractivity contribution in [1.82, 2.24) is 15.7 Å². The van der Waals surface area contributed by atoms with E-state index in [0.29, 0.717) is 128 Å². The van der Waals surface area contributed by atoms with Gasteiger partial charge in [0.25, 0.3) is 11.8 Å². The van der Waals surface area contributed by atoms with Crippen LogP contribution in [0.15, 0.2) is 57.9 Å². The van der Waals surface area contributed by atoms with Crippen LogP contribution in [-0.4, -0.2) is 205 Å². The highest BCUT2D eigenvalue weighted by molar-refractivity contribution is 7.85. The molecular formula is C55H75F4N5O19S. The number of fused-ring (bicyclic) bond motifs is 1. The molecule has 1 aliphatic heterocycles. The van der Waals surface area contributed by atoms with E-state index in [9.17, 15) is 45.2 Å². The van der Waals surface area contributed by atoms with Crippen molar-refractivity contribution in [2.75, 3.05) is 152 Å². The van der Waals surface area contributed by atoms with Gasteiger partial charge >= 0.3 is 16.1 Å². The number of amidine groups is 1. The summed E-state index contributed by atoms with van der Waals surface area (Å²) in [7, 11) is -5.65. The van der Waals surface area contributed by atoms with E-state index in [-0.39, 0.29) is 64.4 Å². The number of benzene rings is 3. The Hall–Kier alpha value is -6.06. The summed E-state index contributed by atoms with van der Waals surface area (Å²) >= 11 is 0. The van der Waals surface area contributed by atoms with Crippen LogP contribution < -0.4 is 21.1 Å². The number of hydroxylamine groups is 2.